The van der Waals surface area contributed by atoms with Crippen LogP contribution in [-0.2, 0) is 0 Å². The number of pyridine rings is 1. The summed E-state index contributed by atoms with van der Waals surface area (Å²) in [6.07, 6.45) is 1.66. The number of carbonyl (C=O) groups is 1. The van der Waals surface area contributed by atoms with Gasteiger partial charge in [-0.25, -0.2) is 4.98 Å². The van der Waals surface area contributed by atoms with E-state index in [1.807, 2.05) is 18.2 Å². The van der Waals surface area contributed by atoms with Crippen LogP contribution in [0.3, 0.4) is 0 Å². The summed E-state index contributed by atoms with van der Waals surface area (Å²) in [6, 6.07) is 10.9. The molecule has 0 N–H and O–H groups in total. The summed E-state index contributed by atoms with van der Waals surface area (Å²) in [5, 5.41) is 0. The Morgan fingerprint density at radius 1 is 1.17 bits per heavy atom. The maximum atomic E-state index is 12.3. The third-order valence-electron chi connectivity index (χ3n) is 2.41. The Morgan fingerprint density at radius 2 is 1.83 bits per heavy atom. The molecule has 0 aliphatic rings. The molecule has 18 heavy (non-hydrogen) atoms. The van der Waals surface area contributed by atoms with Gasteiger partial charge in [0.25, 0.3) is 5.91 Å². The van der Waals surface area contributed by atoms with Crippen LogP contribution in [0.5, 0.6) is 0 Å². The number of rotatable bonds is 2. The number of amides is 1. The number of halogens is 2. The summed E-state index contributed by atoms with van der Waals surface area (Å²) in [7, 11) is 1.71. The Labute approximate surface area is 122 Å². The fourth-order valence-electron chi connectivity index (χ4n) is 1.53. The van der Waals surface area contributed by atoms with Gasteiger partial charge in [0, 0.05) is 27.8 Å². The van der Waals surface area contributed by atoms with Gasteiger partial charge in [-0.05, 0) is 30.3 Å². The van der Waals surface area contributed by atoms with Gasteiger partial charge in [0.2, 0.25) is 0 Å². The van der Waals surface area contributed by atoms with Crippen molar-refractivity contribution in [1.82, 2.24) is 4.98 Å². The number of anilines is 1. The molecule has 0 aliphatic heterocycles. The zero-order valence-corrected chi connectivity index (χ0v) is 12.8. The van der Waals surface area contributed by atoms with Crippen LogP contribution in [0.1, 0.15) is 10.4 Å². The molecule has 0 spiro atoms. The predicted octanol–water partition coefficient (Wildman–Crippen LogP) is 3.88. The average Bonchev–Trinajstić information content (AvgIpc) is 2.37. The van der Waals surface area contributed by atoms with E-state index in [-0.39, 0.29) is 5.91 Å². The molecule has 92 valence electrons. The van der Waals surface area contributed by atoms with Crippen LogP contribution < -0.4 is 4.90 Å². The van der Waals surface area contributed by atoms with Crippen LogP contribution in [0.4, 0.5) is 5.82 Å². The largest absolute Gasteiger partial charge is 0.296 e. The molecule has 1 aromatic carbocycles. The lowest BCUT2D eigenvalue weighted by Gasteiger charge is -2.16. The zero-order valence-electron chi connectivity index (χ0n) is 9.60. The third-order valence-corrected chi connectivity index (χ3v) is 3.32. The maximum Gasteiger partial charge on any atom is 0.259 e. The second-order valence-corrected chi connectivity index (χ2v) is 5.54. The van der Waals surface area contributed by atoms with Crippen molar-refractivity contribution < 1.29 is 4.79 Å². The SMILES string of the molecule is CN(C(=O)c1cc(Br)cc(Br)c1)c1ccccn1. The highest BCUT2D eigenvalue weighted by Gasteiger charge is 2.15. The molecule has 0 bridgehead atoms. The maximum absolute atomic E-state index is 12.3. The molecule has 5 heteroatoms. The van der Waals surface area contributed by atoms with E-state index in [0.29, 0.717) is 11.4 Å². The smallest absolute Gasteiger partial charge is 0.259 e. The monoisotopic (exact) mass is 368 g/mol. The second-order valence-electron chi connectivity index (χ2n) is 3.71. The predicted molar refractivity (Wildman–Crippen MR) is 78.8 cm³/mol. The minimum absolute atomic E-state index is 0.101. The quantitative estimate of drug-likeness (QED) is 0.804. The Balaban J connectivity index is 2.31. The van der Waals surface area contributed by atoms with Crippen LogP contribution in [-0.4, -0.2) is 17.9 Å². The number of aromatic nitrogens is 1. The van der Waals surface area contributed by atoms with E-state index in [9.17, 15) is 4.79 Å². The molecule has 1 heterocycles. The van der Waals surface area contributed by atoms with E-state index in [2.05, 4.69) is 36.8 Å². The first-order chi connectivity index (χ1) is 8.58. The normalized spacial score (nSPS) is 10.2. The van der Waals surface area contributed by atoms with E-state index in [4.69, 9.17) is 0 Å². The molecule has 0 unspecified atom stereocenters. The summed E-state index contributed by atoms with van der Waals surface area (Å²) in [4.78, 5) is 18.0. The zero-order chi connectivity index (χ0) is 13.1. The van der Waals surface area contributed by atoms with Crippen LogP contribution in [0.25, 0.3) is 0 Å². The summed E-state index contributed by atoms with van der Waals surface area (Å²) in [5.41, 5.74) is 0.601. The van der Waals surface area contributed by atoms with Crippen molar-refractivity contribution in [2.45, 2.75) is 0 Å². The van der Waals surface area contributed by atoms with Gasteiger partial charge in [-0.3, -0.25) is 9.69 Å². The van der Waals surface area contributed by atoms with Gasteiger partial charge in [-0.1, -0.05) is 37.9 Å². The molecule has 2 rings (SSSR count). The van der Waals surface area contributed by atoms with E-state index in [0.717, 1.165) is 8.95 Å². The van der Waals surface area contributed by atoms with Crippen molar-refractivity contribution in [1.29, 1.82) is 0 Å². The van der Waals surface area contributed by atoms with Gasteiger partial charge in [0.05, 0.1) is 0 Å². The summed E-state index contributed by atoms with van der Waals surface area (Å²) in [5.74, 6) is 0.522. The fraction of sp³-hybridized carbons (Fsp3) is 0.0769. The van der Waals surface area contributed by atoms with E-state index < -0.39 is 0 Å². The molecule has 2 aromatic rings. The summed E-state index contributed by atoms with van der Waals surface area (Å²) >= 11 is 6.74. The molecule has 1 amide bonds. The lowest BCUT2D eigenvalue weighted by Crippen LogP contribution is -2.26. The number of carbonyl (C=O) groups excluding carboxylic acids is 1. The van der Waals surface area contributed by atoms with Crippen molar-refractivity contribution in [2.24, 2.45) is 0 Å². The molecular weight excluding hydrogens is 360 g/mol. The number of hydrogen-bond donors (Lipinski definition) is 0. The van der Waals surface area contributed by atoms with Gasteiger partial charge in [-0.2, -0.15) is 0 Å². The first-order valence-corrected chi connectivity index (χ1v) is 6.82. The fourth-order valence-corrected chi connectivity index (χ4v) is 2.82. The highest BCUT2D eigenvalue weighted by atomic mass is 79.9. The first-order valence-electron chi connectivity index (χ1n) is 5.23. The standard InChI is InChI=1S/C13H10Br2N2O/c1-17(12-4-2-3-5-16-12)13(18)9-6-10(14)8-11(15)7-9/h2-8H,1H3. The molecule has 0 saturated carbocycles. The van der Waals surface area contributed by atoms with Crippen molar-refractivity contribution in [3.8, 4) is 0 Å². The van der Waals surface area contributed by atoms with E-state index in [1.54, 1.807) is 31.4 Å². The molecule has 0 fully saturated rings. The number of hydrogen-bond acceptors (Lipinski definition) is 2. The lowest BCUT2D eigenvalue weighted by atomic mass is 10.2. The molecule has 0 atom stereocenters. The number of benzene rings is 1. The lowest BCUT2D eigenvalue weighted by molar-refractivity contribution is 0.0992. The van der Waals surface area contributed by atoms with Gasteiger partial charge in [0.1, 0.15) is 5.82 Å². The van der Waals surface area contributed by atoms with Crippen molar-refractivity contribution in [2.75, 3.05) is 11.9 Å². The van der Waals surface area contributed by atoms with Gasteiger partial charge in [0.15, 0.2) is 0 Å². The summed E-state index contributed by atoms with van der Waals surface area (Å²) < 4.78 is 1.71. The van der Waals surface area contributed by atoms with Crippen molar-refractivity contribution in [3.05, 3.63) is 57.1 Å². The Morgan fingerprint density at radius 3 is 2.39 bits per heavy atom. The van der Waals surface area contributed by atoms with Crippen LogP contribution in [0, 0.1) is 0 Å². The molecule has 0 aliphatic carbocycles. The van der Waals surface area contributed by atoms with Crippen molar-refractivity contribution >= 4 is 43.6 Å². The van der Waals surface area contributed by atoms with E-state index in [1.165, 1.54) is 4.90 Å². The minimum Gasteiger partial charge on any atom is -0.296 e. The highest BCUT2D eigenvalue weighted by molar-refractivity contribution is 9.11. The van der Waals surface area contributed by atoms with Crippen LogP contribution >= 0.6 is 31.9 Å². The number of nitrogens with zero attached hydrogens (tertiary/aromatic N) is 2. The molecule has 1 aromatic heterocycles. The van der Waals surface area contributed by atoms with Gasteiger partial charge >= 0.3 is 0 Å². The van der Waals surface area contributed by atoms with Crippen LogP contribution in [0.2, 0.25) is 0 Å². The van der Waals surface area contributed by atoms with Crippen molar-refractivity contribution in [3.63, 3.8) is 0 Å². The first kappa shape index (κ1) is 13.2. The third kappa shape index (κ3) is 2.97. The van der Waals surface area contributed by atoms with Gasteiger partial charge in [-0.15, -0.1) is 0 Å². The molecule has 3 nitrogen and oxygen atoms in total. The van der Waals surface area contributed by atoms with Crippen LogP contribution in [0.15, 0.2) is 51.5 Å². The highest BCUT2D eigenvalue weighted by Crippen LogP contribution is 2.22. The molecule has 0 saturated heterocycles. The van der Waals surface area contributed by atoms with E-state index >= 15 is 0 Å². The minimum atomic E-state index is -0.101. The topological polar surface area (TPSA) is 33.2 Å². The molecular formula is C13H10Br2N2O. The molecule has 0 radical (unpaired) electrons. The Kier molecular flexibility index (Phi) is 4.14. The van der Waals surface area contributed by atoms with Gasteiger partial charge < -0.3 is 0 Å². The Hall–Kier alpha value is -1.20. The average molecular weight is 370 g/mol. The summed E-state index contributed by atoms with van der Waals surface area (Å²) in [6.45, 7) is 0. The Bertz CT molecular complexity index is 552. The second kappa shape index (κ2) is 5.63.